The van der Waals surface area contributed by atoms with E-state index in [1.165, 1.54) is 22.6 Å². The van der Waals surface area contributed by atoms with Gasteiger partial charge in [0.1, 0.15) is 5.82 Å². The van der Waals surface area contributed by atoms with Gasteiger partial charge in [0.15, 0.2) is 0 Å². The topological polar surface area (TPSA) is 86.4 Å². The summed E-state index contributed by atoms with van der Waals surface area (Å²) >= 11 is 0. The van der Waals surface area contributed by atoms with Gasteiger partial charge >= 0.3 is 0 Å². The zero-order valence-corrected chi connectivity index (χ0v) is 18.1. The Labute approximate surface area is 180 Å². The SMILES string of the molecule is Cc1ccc(S(=O)(=O)N2CCN(C(=O)c3cn[nH]c3-c3ccc(F)cc3)CC2)c(C)c1. The number of piperazine rings is 1. The third-order valence-electron chi connectivity index (χ3n) is 5.48. The summed E-state index contributed by atoms with van der Waals surface area (Å²) in [7, 11) is -3.63. The molecule has 3 aromatic rings. The van der Waals surface area contributed by atoms with Gasteiger partial charge in [0, 0.05) is 31.7 Å². The fraction of sp³-hybridized carbons (Fsp3) is 0.273. The molecule has 1 aromatic heterocycles. The molecule has 1 saturated heterocycles. The summed E-state index contributed by atoms with van der Waals surface area (Å²) in [5.41, 5.74) is 3.25. The Morgan fingerprint density at radius 3 is 2.35 bits per heavy atom. The van der Waals surface area contributed by atoms with Crippen LogP contribution in [0.4, 0.5) is 4.39 Å². The minimum atomic E-state index is -3.63. The largest absolute Gasteiger partial charge is 0.336 e. The number of aromatic amines is 1. The smallest absolute Gasteiger partial charge is 0.257 e. The molecule has 31 heavy (non-hydrogen) atoms. The molecular weight excluding hydrogens is 419 g/mol. The van der Waals surface area contributed by atoms with Gasteiger partial charge in [0.25, 0.3) is 5.91 Å². The number of sulfonamides is 1. The number of carbonyl (C=O) groups excluding carboxylic acids is 1. The van der Waals surface area contributed by atoms with Crippen molar-refractivity contribution >= 4 is 15.9 Å². The standard InChI is InChI=1S/C22H23FN4O3S/c1-15-3-8-20(16(2)13-15)31(29,30)27-11-9-26(10-12-27)22(28)19-14-24-25-21(19)17-4-6-18(23)7-5-17/h3-8,13-14H,9-12H2,1-2H3,(H,24,25). The zero-order valence-electron chi connectivity index (χ0n) is 17.3. The first-order chi connectivity index (χ1) is 14.8. The van der Waals surface area contributed by atoms with E-state index in [4.69, 9.17) is 0 Å². The minimum Gasteiger partial charge on any atom is -0.336 e. The van der Waals surface area contributed by atoms with Crippen LogP contribution in [0.25, 0.3) is 11.3 Å². The molecule has 7 nitrogen and oxygen atoms in total. The molecule has 1 aliphatic rings. The lowest BCUT2D eigenvalue weighted by Crippen LogP contribution is -2.50. The number of aromatic nitrogens is 2. The molecule has 0 spiro atoms. The van der Waals surface area contributed by atoms with Gasteiger partial charge in [-0.2, -0.15) is 9.40 Å². The number of aryl methyl sites for hydroxylation is 2. The average Bonchev–Trinajstić information content (AvgIpc) is 3.23. The van der Waals surface area contributed by atoms with Crippen LogP contribution in [0.5, 0.6) is 0 Å². The molecule has 0 aliphatic carbocycles. The molecular formula is C22H23FN4O3S. The van der Waals surface area contributed by atoms with E-state index < -0.39 is 10.0 Å². The lowest BCUT2D eigenvalue weighted by molar-refractivity contribution is 0.0698. The predicted molar refractivity (Wildman–Crippen MR) is 115 cm³/mol. The van der Waals surface area contributed by atoms with Gasteiger partial charge in [0.05, 0.1) is 22.3 Å². The number of carbonyl (C=O) groups is 1. The van der Waals surface area contributed by atoms with Crippen molar-refractivity contribution in [2.45, 2.75) is 18.7 Å². The van der Waals surface area contributed by atoms with Crippen molar-refractivity contribution in [2.24, 2.45) is 0 Å². The van der Waals surface area contributed by atoms with E-state index in [0.29, 0.717) is 27.3 Å². The summed E-state index contributed by atoms with van der Waals surface area (Å²) in [6.45, 7) is 4.68. The lowest BCUT2D eigenvalue weighted by Gasteiger charge is -2.34. The third-order valence-corrected chi connectivity index (χ3v) is 7.54. The number of rotatable bonds is 4. The van der Waals surface area contributed by atoms with Crippen LogP contribution in [0.1, 0.15) is 21.5 Å². The van der Waals surface area contributed by atoms with E-state index in [1.54, 1.807) is 36.1 Å². The van der Waals surface area contributed by atoms with E-state index >= 15 is 0 Å². The zero-order chi connectivity index (χ0) is 22.2. The van der Waals surface area contributed by atoms with Gasteiger partial charge in [0.2, 0.25) is 10.0 Å². The maximum absolute atomic E-state index is 13.2. The Hall–Kier alpha value is -3.04. The van der Waals surface area contributed by atoms with Crippen molar-refractivity contribution in [3.05, 3.63) is 71.2 Å². The Morgan fingerprint density at radius 1 is 1.03 bits per heavy atom. The van der Waals surface area contributed by atoms with Crippen LogP contribution in [0, 0.1) is 19.7 Å². The maximum Gasteiger partial charge on any atom is 0.257 e. The molecule has 1 amide bonds. The summed E-state index contributed by atoms with van der Waals surface area (Å²) in [5, 5.41) is 6.78. The van der Waals surface area contributed by atoms with E-state index in [1.807, 2.05) is 13.0 Å². The van der Waals surface area contributed by atoms with Crippen LogP contribution < -0.4 is 0 Å². The Morgan fingerprint density at radius 2 is 1.71 bits per heavy atom. The van der Waals surface area contributed by atoms with Crippen LogP contribution >= 0.6 is 0 Å². The molecule has 0 saturated carbocycles. The maximum atomic E-state index is 13.2. The number of hydrogen-bond acceptors (Lipinski definition) is 4. The second-order valence-electron chi connectivity index (χ2n) is 7.63. The molecule has 1 aliphatic heterocycles. The average molecular weight is 443 g/mol. The molecule has 9 heteroatoms. The molecule has 4 rings (SSSR count). The summed E-state index contributed by atoms with van der Waals surface area (Å²) in [5.74, 6) is -0.603. The second kappa shape index (κ2) is 8.24. The van der Waals surface area contributed by atoms with Crippen molar-refractivity contribution < 1.29 is 17.6 Å². The van der Waals surface area contributed by atoms with E-state index in [9.17, 15) is 17.6 Å². The van der Waals surface area contributed by atoms with Crippen LogP contribution in [0.15, 0.2) is 53.6 Å². The molecule has 0 radical (unpaired) electrons. The minimum absolute atomic E-state index is 0.213. The number of nitrogens with one attached hydrogen (secondary N) is 1. The summed E-state index contributed by atoms with van der Waals surface area (Å²) in [6, 6.07) is 11.1. The van der Waals surface area contributed by atoms with Crippen molar-refractivity contribution in [1.29, 1.82) is 0 Å². The Bertz CT molecular complexity index is 1210. The van der Waals surface area contributed by atoms with Gasteiger partial charge in [-0.15, -0.1) is 0 Å². The molecule has 2 heterocycles. The first-order valence-corrected chi connectivity index (χ1v) is 11.4. The number of benzene rings is 2. The number of H-pyrrole nitrogens is 1. The first kappa shape index (κ1) is 21.2. The van der Waals surface area contributed by atoms with E-state index in [0.717, 1.165) is 5.56 Å². The normalized spacial score (nSPS) is 15.3. The number of halogens is 1. The molecule has 0 atom stereocenters. The fourth-order valence-electron chi connectivity index (χ4n) is 3.81. The van der Waals surface area contributed by atoms with Gasteiger partial charge in [-0.1, -0.05) is 17.7 Å². The van der Waals surface area contributed by atoms with E-state index in [2.05, 4.69) is 10.2 Å². The summed E-state index contributed by atoms with van der Waals surface area (Å²) in [6.07, 6.45) is 1.44. The quantitative estimate of drug-likeness (QED) is 0.673. The second-order valence-corrected chi connectivity index (χ2v) is 9.54. The molecule has 1 N–H and O–H groups in total. The molecule has 0 unspecified atom stereocenters. The number of amides is 1. The summed E-state index contributed by atoms with van der Waals surface area (Å²) in [4.78, 5) is 15.0. The van der Waals surface area contributed by atoms with Crippen molar-refractivity contribution in [3.8, 4) is 11.3 Å². The molecule has 0 bridgehead atoms. The molecule has 1 fully saturated rings. The van der Waals surface area contributed by atoms with E-state index in [-0.39, 0.29) is 37.9 Å². The third kappa shape index (κ3) is 4.11. The highest BCUT2D eigenvalue weighted by Crippen LogP contribution is 2.25. The van der Waals surface area contributed by atoms with Gasteiger partial charge < -0.3 is 4.90 Å². The Balaban J connectivity index is 1.49. The lowest BCUT2D eigenvalue weighted by atomic mass is 10.1. The van der Waals surface area contributed by atoms with Gasteiger partial charge in [-0.25, -0.2) is 12.8 Å². The number of nitrogens with zero attached hydrogens (tertiary/aromatic N) is 3. The highest BCUT2D eigenvalue weighted by atomic mass is 32.2. The van der Waals surface area contributed by atoms with Crippen molar-refractivity contribution in [2.75, 3.05) is 26.2 Å². The summed E-state index contributed by atoms with van der Waals surface area (Å²) < 4.78 is 40.8. The van der Waals surface area contributed by atoms with Crippen LogP contribution in [-0.4, -0.2) is 59.9 Å². The highest BCUT2D eigenvalue weighted by Gasteiger charge is 2.32. The van der Waals surface area contributed by atoms with Crippen molar-refractivity contribution in [3.63, 3.8) is 0 Å². The van der Waals surface area contributed by atoms with Crippen LogP contribution in [0.2, 0.25) is 0 Å². The van der Waals surface area contributed by atoms with Gasteiger partial charge in [-0.05, 0) is 49.7 Å². The fourth-order valence-corrected chi connectivity index (χ4v) is 5.44. The first-order valence-electron chi connectivity index (χ1n) is 9.93. The van der Waals surface area contributed by atoms with Gasteiger partial charge in [-0.3, -0.25) is 9.89 Å². The highest BCUT2D eigenvalue weighted by molar-refractivity contribution is 7.89. The molecule has 162 valence electrons. The monoisotopic (exact) mass is 442 g/mol. The Kier molecular flexibility index (Phi) is 5.63. The van der Waals surface area contributed by atoms with Crippen molar-refractivity contribution in [1.82, 2.24) is 19.4 Å². The van der Waals surface area contributed by atoms with Crippen LogP contribution in [-0.2, 0) is 10.0 Å². The number of hydrogen-bond donors (Lipinski definition) is 1. The predicted octanol–water partition coefficient (Wildman–Crippen LogP) is 2.98. The molecule has 2 aromatic carbocycles. The van der Waals surface area contributed by atoms with Crippen LogP contribution in [0.3, 0.4) is 0 Å².